The van der Waals surface area contributed by atoms with Crippen LogP contribution in [0.4, 0.5) is 11.6 Å². The topological polar surface area (TPSA) is 86.1 Å². The summed E-state index contributed by atoms with van der Waals surface area (Å²) in [6.07, 6.45) is 8.08. The second-order valence-electron chi connectivity index (χ2n) is 11.6. The van der Waals surface area contributed by atoms with Crippen molar-refractivity contribution in [1.29, 1.82) is 0 Å². The number of benzene rings is 2. The van der Waals surface area contributed by atoms with Gasteiger partial charge in [-0.05, 0) is 93.4 Å². The molecule has 2 amide bonds. The molecule has 6 rings (SSSR count). The van der Waals surface area contributed by atoms with Crippen molar-refractivity contribution in [2.24, 2.45) is 0 Å². The Morgan fingerprint density at radius 1 is 0.977 bits per heavy atom. The lowest BCUT2D eigenvalue weighted by Gasteiger charge is -2.35. The molecule has 0 bridgehead atoms. The fourth-order valence-electron chi connectivity index (χ4n) is 5.98. The average molecular weight is 578 g/mol. The Balaban J connectivity index is 1.09. The van der Waals surface area contributed by atoms with E-state index in [-0.39, 0.29) is 17.9 Å². The Bertz CT molecular complexity index is 1610. The number of anilines is 2. The molecular formula is C34H39N7O2. The monoisotopic (exact) mass is 577 g/mol. The maximum Gasteiger partial charge on any atom is 0.253 e. The molecule has 0 spiro atoms. The highest BCUT2D eigenvalue weighted by atomic mass is 16.2. The molecule has 43 heavy (non-hydrogen) atoms. The maximum atomic E-state index is 13.1. The third kappa shape index (κ3) is 6.62. The van der Waals surface area contributed by atoms with Gasteiger partial charge in [0.1, 0.15) is 0 Å². The Morgan fingerprint density at radius 2 is 1.74 bits per heavy atom. The van der Waals surface area contributed by atoms with Crippen LogP contribution in [0, 0.1) is 0 Å². The van der Waals surface area contributed by atoms with Crippen LogP contribution in [0.5, 0.6) is 0 Å². The third-order valence-corrected chi connectivity index (χ3v) is 8.68. The summed E-state index contributed by atoms with van der Waals surface area (Å²) in [6.45, 7) is 3.33. The Kier molecular flexibility index (Phi) is 8.51. The van der Waals surface area contributed by atoms with Crippen LogP contribution in [0.3, 0.4) is 0 Å². The number of aryl methyl sites for hydroxylation is 1. The second-order valence-corrected chi connectivity index (χ2v) is 11.6. The molecule has 0 saturated carbocycles. The zero-order valence-corrected chi connectivity index (χ0v) is 24.9. The van der Waals surface area contributed by atoms with Gasteiger partial charge in [0.05, 0.1) is 0 Å². The third-order valence-electron chi connectivity index (χ3n) is 8.68. The van der Waals surface area contributed by atoms with Gasteiger partial charge in [0.15, 0.2) is 5.65 Å². The maximum absolute atomic E-state index is 13.1. The molecule has 2 aromatic carbocycles. The van der Waals surface area contributed by atoms with Crippen molar-refractivity contribution in [3.8, 4) is 0 Å². The number of rotatable bonds is 8. The van der Waals surface area contributed by atoms with E-state index in [0.29, 0.717) is 31.0 Å². The largest absolute Gasteiger partial charge is 0.339 e. The standard InChI is InChI=1S/C34H39N7O2/c1-38-21-18-29(19-22-38)39(2)33(43)27-11-13-28(14-12-27)35-34-36-32-30(9-6-20-41(32)37-34)26-16-23-40(24-17-26)31(42)15-10-25-7-4-3-5-8-25/h3-9,11-14,16,20,29H,10,15,17-19,21-24H2,1-2H3,(H,35,37). The number of carbonyl (C=O) groups is 2. The number of nitrogens with zero attached hydrogens (tertiary/aromatic N) is 6. The van der Waals surface area contributed by atoms with Gasteiger partial charge in [-0.25, -0.2) is 4.52 Å². The number of carbonyl (C=O) groups excluding carboxylic acids is 2. The van der Waals surface area contributed by atoms with Gasteiger partial charge >= 0.3 is 0 Å². The summed E-state index contributed by atoms with van der Waals surface area (Å²) in [5, 5.41) is 7.93. The van der Waals surface area contributed by atoms with Gasteiger partial charge < -0.3 is 20.0 Å². The lowest BCUT2D eigenvalue weighted by molar-refractivity contribution is -0.130. The van der Waals surface area contributed by atoms with Crippen LogP contribution in [0.25, 0.3) is 11.2 Å². The first-order chi connectivity index (χ1) is 20.9. The summed E-state index contributed by atoms with van der Waals surface area (Å²) in [5.41, 5.74) is 5.65. The van der Waals surface area contributed by atoms with E-state index in [1.54, 1.807) is 4.52 Å². The predicted molar refractivity (Wildman–Crippen MR) is 169 cm³/mol. The van der Waals surface area contributed by atoms with Crippen LogP contribution in [0.2, 0.25) is 0 Å². The highest BCUT2D eigenvalue weighted by molar-refractivity contribution is 5.94. The van der Waals surface area contributed by atoms with E-state index in [9.17, 15) is 9.59 Å². The van der Waals surface area contributed by atoms with Crippen molar-refractivity contribution in [1.82, 2.24) is 29.3 Å². The van der Waals surface area contributed by atoms with E-state index in [2.05, 4.69) is 46.6 Å². The molecule has 0 unspecified atom stereocenters. The van der Waals surface area contributed by atoms with Gasteiger partial charge in [0, 0.05) is 55.6 Å². The number of aromatic nitrogens is 3. The first-order valence-electron chi connectivity index (χ1n) is 15.1. The molecule has 2 aliphatic rings. The van der Waals surface area contributed by atoms with Crippen molar-refractivity contribution in [2.75, 3.05) is 45.6 Å². The molecule has 4 heterocycles. The van der Waals surface area contributed by atoms with E-state index >= 15 is 0 Å². The number of hydrogen-bond acceptors (Lipinski definition) is 6. The van der Waals surface area contributed by atoms with E-state index in [1.807, 2.05) is 71.6 Å². The summed E-state index contributed by atoms with van der Waals surface area (Å²) in [6, 6.07) is 22.0. The lowest BCUT2D eigenvalue weighted by atomic mass is 10.00. The van der Waals surface area contributed by atoms with Crippen LogP contribution in [0.1, 0.15) is 47.2 Å². The van der Waals surface area contributed by atoms with Gasteiger partial charge in [0.25, 0.3) is 5.91 Å². The van der Waals surface area contributed by atoms with Gasteiger partial charge in [0.2, 0.25) is 11.9 Å². The molecule has 0 radical (unpaired) electrons. The average Bonchev–Trinajstić information content (AvgIpc) is 3.47. The predicted octanol–water partition coefficient (Wildman–Crippen LogP) is 4.89. The zero-order chi connectivity index (χ0) is 29.8. The smallest absolute Gasteiger partial charge is 0.253 e. The molecule has 2 aliphatic heterocycles. The molecule has 2 aromatic heterocycles. The summed E-state index contributed by atoms with van der Waals surface area (Å²) < 4.78 is 1.78. The van der Waals surface area contributed by atoms with Crippen molar-refractivity contribution in [3.63, 3.8) is 0 Å². The highest BCUT2D eigenvalue weighted by Crippen LogP contribution is 2.27. The van der Waals surface area contributed by atoms with E-state index in [1.165, 1.54) is 11.1 Å². The highest BCUT2D eigenvalue weighted by Gasteiger charge is 2.25. The zero-order valence-electron chi connectivity index (χ0n) is 24.9. The van der Waals surface area contributed by atoms with Crippen molar-refractivity contribution >= 4 is 34.7 Å². The number of pyridine rings is 1. The molecular weight excluding hydrogens is 538 g/mol. The number of piperidine rings is 1. The minimum absolute atomic E-state index is 0.0498. The molecule has 9 heteroatoms. The molecule has 4 aromatic rings. The summed E-state index contributed by atoms with van der Waals surface area (Å²) in [5.74, 6) is 0.727. The molecule has 1 saturated heterocycles. The van der Waals surface area contributed by atoms with Crippen LogP contribution in [-0.2, 0) is 11.2 Å². The van der Waals surface area contributed by atoms with Crippen LogP contribution in [0.15, 0.2) is 79.0 Å². The van der Waals surface area contributed by atoms with Gasteiger partial charge in [-0.1, -0.05) is 36.4 Å². The van der Waals surface area contributed by atoms with Crippen molar-refractivity contribution in [3.05, 3.63) is 95.7 Å². The molecule has 0 atom stereocenters. The summed E-state index contributed by atoms with van der Waals surface area (Å²) >= 11 is 0. The number of hydrogen-bond donors (Lipinski definition) is 1. The first-order valence-corrected chi connectivity index (χ1v) is 15.1. The Hall–Kier alpha value is -4.50. The SMILES string of the molecule is CN1CCC(N(C)C(=O)c2ccc(Nc3nc4c(C5=CCN(C(=O)CCc6ccccc6)CC5)cccn4n3)cc2)CC1. The fourth-order valence-corrected chi connectivity index (χ4v) is 5.98. The molecule has 222 valence electrons. The van der Waals surface area contributed by atoms with Gasteiger partial charge in [-0.3, -0.25) is 9.59 Å². The first kappa shape index (κ1) is 28.6. The van der Waals surface area contributed by atoms with Crippen molar-refractivity contribution < 1.29 is 9.59 Å². The molecule has 0 aliphatic carbocycles. The Labute approximate surface area is 252 Å². The Morgan fingerprint density at radius 3 is 2.47 bits per heavy atom. The van der Waals surface area contributed by atoms with Crippen LogP contribution < -0.4 is 5.32 Å². The summed E-state index contributed by atoms with van der Waals surface area (Å²) in [7, 11) is 4.04. The number of likely N-dealkylation sites (tertiary alicyclic amines) is 1. The quantitative estimate of drug-likeness (QED) is 0.321. The normalized spacial score (nSPS) is 16.2. The lowest BCUT2D eigenvalue weighted by Crippen LogP contribution is -2.44. The summed E-state index contributed by atoms with van der Waals surface area (Å²) in [4.78, 5) is 36.8. The molecule has 1 N–H and O–H groups in total. The number of nitrogens with one attached hydrogen (secondary N) is 1. The van der Waals surface area contributed by atoms with Gasteiger partial charge in [-0.15, -0.1) is 5.10 Å². The van der Waals surface area contributed by atoms with Gasteiger partial charge in [-0.2, -0.15) is 4.98 Å². The fraction of sp³-hybridized carbons (Fsp3) is 0.353. The van der Waals surface area contributed by atoms with E-state index in [4.69, 9.17) is 4.98 Å². The minimum Gasteiger partial charge on any atom is -0.339 e. The van der Waals surface area contributed by atoms with Crippen molar-refractivity contribution in [2.45, 2.75) is 38.1 Å². The van der Waals surface area contributed by atoms with Crippen LogP contribution >= 0.6 is 0 Å². The van der Waals surface area contributed by atoms with Crippen LogP contribution in [-0.4, -0.2) is 87.4 Å². The number of fused-ring (bicyclic) bond motifs is 1. The number of amides is 2. The second kappa shape index (κ2) is 12.8. The van der Waals surface area contributed by atoms with E-state index < -0.39 is 0 Å². The van der Waals surface area contributed by atoms with E-state index in [0.717, 1.165) is 55.7 Å². The molecule has 1 fully saturated rings. The minimum atomic E-state index is 0.0498. The molecule has 9 nitrogen and oxygen atoms in total.